The lowest BCUT2D eigenvalue weighted by Crippen LogP contribution is -1.97. The molecular weight excluding hydrogens is 233 g/mol. The van der Waals surface area contributed by atoms with Crippen molar-refractivity contribution in [1.82, 2.24) is 0 Å². The van der Waals surface area contributed by atoms with E-state index >= 15 is 0 Å². The number of rotatable bonds is 4. The van der Waals surface area contributed by atoms with Crippen molar-refractivity contribution in [3.63, 3.8) is 0 Å². The summed E-state index contributed by atoms with van der Waals surface area (Å²) in [6.45, 7) is 0.194. The Hall–Kier alpha value is -1.91. The van der Waals surface area contributed by atoms with E-state index in [1.807, 2.05) is 0 Å². The molecule has 18 heavy (non-hydrogen) atoms. The van der Waals surface area contributed by atoms with Crippen LogP contribution in [0.3, 0.4) is 0 Å². The van der Waals surface area contributed by atoms with Crippen LogP contribution in [0.4, 0.5) is 4.39 Å². The van der Waals surface area contributed by atoms with Gasteiger partial charge in [-0.15, -0.1) is 0 Å². The SMILES string of the molecule is NCc1cc(F)cc(Oc2cccc(CO)c2)c1. The third-order valence-electron chi connectivity index (χ3n) is 2.48. The minimum Gasteiger partial charge on any atom is -0.457 e. The van der Waals surface area contributed by atoms with Gasteiger partial charge in [0.05, 0.1) is 6.61 Å². The van der Waals surface area contributed by atoms with Crippen LogP contribution in [-0.4, -0.2) is 5.11 Å². The van der Waals surface area contributed by atoms with Crippen molar-refractivity contribution >= 4 is 0 Å². The fourth-order valence-electron chi connectivity index (χ4n) is 1.64. The molecule has 0 aliphatic heterocycles. The Morgan fingerprint density at radius 2 is 1.83 bits per heavy atom. The monoisotopic (exact) mass is 247 g/mol. The summed E-state index contributed by atoms with van der Waals surface area (Å²) < 4.78 is 18.8. The van der Waals surface area contributed by atoms with E-state index in [1.165, 1.54) is 12.1 Å². The predicted octanol–water partition coefficient (Wildman–Crippen LogP) is 2.57. The second-order valence-corrected chi connectivity index (χ2v) is 3.91. The highest BCUT2D eigenvalue weighted by atomic mass is 19.1. The van der Waals surface area contributed by atoms with Crippen LogP contribution in [-0.2, 0) is 13.2 Å². The summed E-state index contributed by atoms with van der Waals surface area (Å²) in [5, 5.41) is 9.02. The molecule has 0 spiro atoms. The van der Waals surface area contributed by atoms with Crippen molar-refractivity contribution in [1.29, 1.82) is 0 Å². The van der Waals surface area contributed by atoms with Crippen molar-refractivity contribution in [3.8, 4) is 11.5 Å². The van der Waals surface area contributed by atoms with Crippen molar-refractivity contribution in [2.24, 2.45) is 5.73 Å². The van der Waals surface area contributed by atoms with Gasteiger partial charge in [0.25, 0.3) is 0 Å². The van der Waals surface area contributed by atoms with Crippen molar-refractivity contribution in [3.05, 3.63) is 59.4 Å². The molecule has 2 rings (SSSR count). The minimum absolute atomic E-state index is 0.0611. The maximum atomic E-state index is 13.3. The molecule has 0 aromatic heterocycles. The Morgan fingerprint density at radius 3 is 2.56 bits per heavy atom. The third-order valence-corrected chi connectivity index (χ3v) is 2.48. The van der Waals surface area contributed by atoms with E-state index < -0.39 is 0 Å². The average molecular weight is 247 g/mol. The summed E-state index contributed by atoms with van der Waals surface area (Å²) in [6.07, 6.45) is 0. The molecular formula is C14H14FNO2. The number of aliphatic hydroxyl groups excluding tert-OH is 1. The molecule has 0 bridgehead atoms. The molecule has 0 radical (unpaired) electrons. The van der Waals surface area contributed by atoms with E-state index in [0.717, 1.165) is 5.56 Å². The molecule has 2 aromatic rings. The highest BCUT2D eigenvalue weighted by Crippen LogP contribution is 2.24. The van der Waals surface area contributed by atoms with Crippen LogP contribution in [0.5, 0.6) is 11.5 Å². The number of ether oxygens (including phenoxy) is 1. The van der Waals surface area contributed by atoms with Gasteiger partial charge in [-0.25, -0.2) is 4.39 Å². The summed E-state index contributed by atoms with van der Waals surface area (Å²) in [4.78, 5) is 0. The zero-order valence-corrected chi connectivity index (χ0v) is 9.77. The first-order chi connectivity index (χ1) is 8.71. The zero-order valence-electron chi connectivity index (χ0n) is 9.77. The van der Waals surface area contributed by atoms with E-state index in [2.05, 4.69) is 0 Å². The normalized spacial score (nSPS) is 10.4. The van der Waals surface area contributed by atoms with Crippen LogP contribution < -0.4 is 10.5 Å². The summed E-state index contributed by atoms with van der Waals surface area (Å²) in [5.74, 6) is 0.562. The maximum Gasteiger partial charge on any atom is 0.130 e. The molecule has 0 saturated carbocycles. The van der Waals surface area contributed by atoms with Gasteiger partial charge in [0, 0.05) is 12.6 Å². The molecule has 2 aromatic carbocycles. The van der Waals surface area contributed by atoms with Gasteiger partial charge >= 0.3 is 0 Å². The van der Waals surface area contributed by atoms with Crippen LogP contribution >= 0.6 is 0 Å². The lowest BCUT2D eigenvalue weighted by Gasteiger charge is -2.08. The van der Waals surface area contributed by atoms with Gasteiger partial charge in [0.15, 0.2) is 0 Å². The summed E-state index contributed by atoms with van der Waals surface area (Å²) in [5.41, 5.74) is 6.88. The Labute approximate surface area is 105 Å². The molecule has 0 heterocycles. The highest BCUT2D eigenvalue weighted by molar-refractivity contribution is 5.36. The van der Waals surface area contributed by atoms with Crippen molar-refractivity contribution in [2.75, 3.05) is 0 Å². The van der Waals surface area contributed by atoms with Gasteiger partial charge < -0.3 is 15.6 Å². The number of hydrogen-bond acceptors (Lipinski definition) is 3. The van der Waals surface area contributed by atoms with Crippen molar-refractivity contribution < 1.29 is 14.2 Å². The Morgan fingerprint density at radius 1 is 1.06 bits per heavy atom. The van der Waals surface area contributed by atoms with Gasteiger partial charge in [0.2, 0.25) is 0 Å². The third kappa shape index (κ3) is 3.06. The van der Waals surface area contributed by atoms with E-state index in [9.17, 15) is 4.39 Å². The van der Waals surface area contributed by atoms with Gasteiger partial charge in [-0.1, -0.05) is 12.1 Å². The van der Waals surface area contributed by atoms with E-state index in [4.69, 9.17) is 15.6 Å². The van der Waals surface area contributed by atoms with Crippen molar-refractivity contribution in [2.45, 2.75) is 13.2 Å². The lowest BCUT2D eigenvalue weighted by molar-refractivity contribution is 0.281. The van der Waals surface area contributed by atoms with Gasteiger partial charge in [-0.05, 0) is 35.4 Å². The number of halogens is 1. The van der Waals surface area contributed by atoms with E-state index in [1.54, 1.807) is 30.3 Å². The summed E-state index contributed by atoms with van der Waals surface area (Å²) in [6, 6.07) is 11.4. The molecule has 94 valence electrons. The molecule has 0 amide bonds. The molecule has 0 aliphatic carbocycles. The predicted molar refractivity (Wildman–Crippen MR) is 66.7 cm³/mol. The Bertz CT molecular complexity index is 543. The van der Waals surface area contributed by atoms with Gasteiger partial charge in [0.1, 0.15) is 17.3 Å². The average Bonchev–Trinajstić information content (AvgIpc) is 2.38. The summed E-state index contributed by atoms with van der Waals surface area (Å²) in [7, 11) is 0. The molecule has 0 aliphatic rings. The van der Waals surface area contributed by atoms with E-state index in [-0.39, 0.29) is 19.0 Å². The molecule has 0 atom stereocenters. The minimum atomic E-state index is -0.383. The largest absolute Gasteiger partial charge is 0.457 e. The molecule has 0 unspecified atom stereocenters. The molecule has 3 N–H and O–H groups in total. The molecule has 3 nitrogen and oxygen atoms in total. The lowest BCUT2D eigenvalue weighted by atomic mass is 10.2. The number of benzene rings is 2. The Kier molecular flexibility index (Phi) is 3.92. The number of aliphatic hydroxyl groups is 1. The smallest absolute Gasteiger partial charge is 0.130 e. The second kappa shape index (κ2) is 5.62. The highest BCUT2D eigenvalue weighted by Gasteiger charge is 2.03. The summed E-state index contributed by atoms with van der Waals surface area (Å²) >= 11 is 0. The zero-order chi connectivity index (χ0) is 13.0. The standard InChI is InChI=1S/C14H14FNO2/c15-12-4-11(8-16)6-14(7-12)18-13-3-1-2-10(5-13)9-17/h1-7,17H,8-9,16H2. The number of hydrogen-bond donors (Lipinski definition) is 2. The maximum absolute atomic E-state index is 13.3. The Balaban J connectivity index is 2.24. The molecule has 4 heteroatoms. The topological polar surface area (TPSA) is 55.5 Å². The second-order valence-electron chi connectivity index (χ2n) is 3.91. The first-order valence-corrected chi connectivity index (χ1v) is 5.58. The number of nitrogens with two attached hydrogens (primary N) is 1. The van der Waals surface area contributed by atoms with Crippen LogP contribution in [0.2, 0.25) is 0 Å². The van der Waals surface area contributed by atoms with Crippen LogP contribution in [0.15, 0.2) is 42.5 Å². The molecule has 0 fully saturated rings. The van der Waals surface area contributed by atoms with E-state index in [0.29, 0.717) is 17.1 Å². The van der Waals surface area contributed by atoms with Crippen LogP contribution in [0, 0.1) is 5.82 Å². The van der Waals surface area contributed by atoms with Crippen LogP contribution in [0.1, 0.15) is 11.1 Å². The van der Waals surface area contributed by atoms with Crippen LogP contribution in [0.25, 0.3) is 0 Å². The fraction of sp³-hybridized carbons (Fsp3) is 0.143. The van der Waals surface area contributed by atoms with Gasteiger partial charge in [-0.2, -0.15) is 0 Å². The fourth-order valence-corrected chi connectivity index (χ4v) is 1.64. The first kappa shape index (κ1) is 12.5. The quantitative estimate of drug-likeness (QED) is 0.873. The first-order valence-electron chi connectivity index (χ1n) is 5.58. The molecule has 0 saturated heterocycles. The van der Waals surface area contributed by atoms with Gasteiger partial charge in [-0.3, -0.25) is 0 Å².